The Balaban J connectivity index is 1.61. The maximum absolute atomic E-state index is 14.0. The van der Waals surface area contributed by atoms with Crippen molar-refractivity contribution in [1.82, 2.24) is 0 Å². The van der Waals surface area contributed by atoms with Gasteiger partial charge in [0.05, 0.1) is 12.7 Å². The van der Waals surface area contributed by atoms with Crippen molar-refractivity contribution in [2.75, 3.05) is 6.61 Å². The summed E-state index contributed by atoms with van der Waals surface area (Å²) in [6.45, 7) is 11.4. The number of allylic oxidation sites excluding steroid dienone is 4. The van der Waals surface area contributed by atoms with Crippen LogP contribution < -0.4 is 10.4 Å². The number of Topliss-reactive ketones (excluding diaryl/α,β-unsaturated/α-hetero) is 1. The van der Waals surface area contributed by atoms with Gasteiger partial charge in [-0.2, -0.15) is 0 Å². The molecule has 4 rings (SSSR count). The molecule has 0 amide bonds. The average molecular weight is 601 g/mol. The SMILES string of the molecule is CCCCC/C=C/[C@@H]1[C@H]2[C@H](O[Si](c3ccccc3)(c3ccccc3)C(C)(C)C)CC(=O)[C@]21C/C=C\CCCC(=O)OCC. The Bertz CT molecular complexity index is 1210. The fraction of sp³-hybridized carbons (Fsp3) is 0.526. The van der Waals surface area contributed by atoms with Crippen LogP contribution in [-0.4, -0.2) is 32.8 Å². The molecule has 0 aliphatic heterocycles. The first kappa shape index (κ1) is 33.1. The van der Waals surface area contributed by atoms with E-state index in [2.05, 4.69) is 113 Å². The average Bonchev–Trinajstić information content (AvgIpc) is 3.55. The van der Waals surface area contributed by atoms with Crippen LogP contribution >= 0.6 is 0 Å². The standard InChI is InChI=1S/C38H52O4Si/c1-6-8-9-10-19-26-32-36-33(29-34(39)38(32,36)28-21-12-11-20-27-35(40)41-7-2)42-43(37(3,4)5,30-22-15-13-16-23-30)31-24-17-14-18-25-31/h12-19,21-26,32-33,36H,6-11,20,27-29H2,1-5H3/b21-12-,26-19+/t32-,33-,36+,38-/m1/s1. The number of benzene rings is 2. The van der Waals surface area contributed by atoms with E-state index in [0.29, 0.717) is 25.2 Å². The topological polar surface area (TPSA) is 52.6 Å². The summed E-state index contributed by atoms with van der Waals surface area (Å²) in [5, 5.41) is 2.38. The number of carbonyl (C=O) groups is 2. The molecule has 2 aliphatic carbocycles. The van der Waals surface area contributed by atoms with Crippen LogP contribution in [0.4, 0.5) is 0 Å². The van der Waals surface area contributed by atoms with Crippen LogP contribution in [0.2, 0.25) is 5.04 Å². The number of ether oxygens (including phenoxy) is 1. The van der Waals surface area contributed by atoms with Crippen LogP contribution in [0.15, 0.2) is 85.0 Å². The van der Waals surface area contributed by atoms with Gasteiger partial charge in [0.15, 0.2) is 0 Å². The maximum Gasteiger partial charge on any atom is 0.305 e. The number of fused-ring (bicyclic) bond motifs is 1. The van der Waals surface area contributed by atoms with Gasteiger partial charge in [0.2, 0.25) is 0 Å². The molecule has 4 atom stereocenters. The summed E-state index contributed by atoms with van der Waals surface area (Å²) in [5.74, 6) is 0.607. The number of unbranched alkanes of at least 4 members (excludes halogenated alkanes) is 4. The first-order valence-corrected chi connectivity index (χ1v) is 18.4. The Kier molecular flexibility index (Phi) is 11.4. The molecule has 5 heteroatoms. The Labute approximate surface area is 261 Å². The number of hydrogen-bond acceptors (Lipinski definition) is 4. The van der Waals surface area contributed by atoms with Gasteiger partial charge < -0.3 is 9.16 Å². The minimum absolute atomic E-state index is 0.110. The van der Waals surface area contributed by atoms with Crippen LogP contribution in [0.1, 0.15) is 92.4 Å². The molecule has 0 N–H and O–H groups in total. The third-order valence-electron chi connectivity index (χ3n) is 9.52. The molecule has 2 saturated carbocycles. The summed E-state index contributed by atoms with van der Waals surface area (Å²) >= 11 is 0. The zero-order valence-electron chi connectivity index (χ0n) is 27.0. The highest BCUT2D eigenvalue weighted by molar-refractivity contribution is 6.99. The molecule has 0 unspecified atom stereocenters. The van der Waals surface area contributed by atoms with Gasteiger partial charge >= 0.3 is 5.97 Å². The zero-order chi connectivity index (χ0) is 30.9. The largest absolute Gasteiger partial charge is 0.466 e. The smallest absolute Gasteiger partial charge is 0.305 e. The molecule has 0 radical (unpaired) electrons. The summed E-state index contributed by atoms with van der Waals surface area (Å²) in [6, 6.07) is 21.5. The van der Waals surface area contributed by atoms with E-state index in [1.54, 1.807) is 0 Å². The lowest BCUT2D eigenvalue weighted by Gasteiger charge is -2.45. The van der Waals surface area contributed by atoms with Crippen molar-refractivity contribution < 1.29 is 18.8 Å². The van der Waals surface area contributed by atoms with Crippen molar-refractivity contribution in [1.29, 1.82) is 0 Å². The highest BCUT2D eigenvalue weighted by atomic mass is 28.4. The first-order valence-electron chi connectivity index (χ1n) is 16.5. The second-order valence-electron chi connectivity index (χ2n) is 13.3. The Morgan fingerprint density at radius 1 is 0.907 bits per heavy atom. The lowest BCUT2D eigenvalue weighted by Crippen LogP contribution is -2.67. The number of esters is 1. The van der Waals surface area contributed by atoms with Gasteiger partial charge in [-0.3, -0.25) is 9.59 Å². The van der Waals surface area contributed by atoms with Gasteiger partial charge in [-0.1, -0.05) is 126 Å². The van der Waals surface area contributed by atoms with Gasteiger partial charge in [-0.05, 0) is 60.4 Å². The van der Waals surface area contributed by atoms with E-state index in [9.17, 15) is 9.59 Å². The second-order valence-corrected chi connectivity index (χ2v) is 17.6. The van der Waals surface area contributed by atoms with E-state index in [0.717, 1.165) is 25.7 Å². The number of rotatable bonds is 16. The molecule has 2 aromatic rings. The predicted octanol–water partition coefficient (Wildman–Crippen LogP) is 7.95. The molecule has 0 aromatic heterocycles. The summed E-state index contributed by atoms with van der Waals surface area (Å²) < 4.78 is 12.6. The summed E-state index contributed by atoms with van der Waals surface area (Å²) in [6.07, 6.45) is 16.8. The number of hydrogen-bond donors (Lipinski definition) is 0. The quantitative estimate of drug-likeness (QED) is 0.0849. The third-order valence-corrected chi connectivity index (χ3v) is 14.6. The monoisotopic (exact) mass is 600 g/mol. The van der Waals surface area contributed by atoms with Crippen molar-refractivity contribution in [3.8, 4) is 0 Å². The van der Waals surface area contributed by atoms with Crippen LogP contribution in [0, 0.1) is 17.3 Å². The van der Waals surface area contributed by atoms with Gasteiger partial charge in [-0.15, -0.1) is 0 Å². The zero-order valence-corrected chi connectivity index (χ0v) is 28.0. The second kappa shape index (κ2) is 14.8. The normalized spacial score (nSPS) is 23.7. The van der Waals surface area contributed by atoms with E-state index < -0.39 is 8.32 Å². The van der Waals surface area contributed by atoms with Crippen LogP contribution in [0.5, 0.6) is 0 Å². The molecular formula is C38H52O4Si. The molecule has 2 aromatic carbocycles. The van der Waals surface area contributed by atoms with E-state index in [4.69, 9.17) is 9.16 Å². The van der Waals surface area contributed by atoms with Crippen molar-refractivity contribution in [3.63, 3.8) is 0 Å². The predicted molar refractivity (Wildman–Crippen MR) is 179 cm³/mol. The molecule has 0 bridgehead atoms. The van der Waals surface area contributed by atoms with E-state index in [1.807, 2.05) is 6.92 Å². The molecule has 232 valence electrons. The molecule has 0 spiro atoms. The lowest BCUT2D eigenvalue weighted by atomic mass is 9.93. The molecular weight excluding hydrogens is 549 g/mol. The third kappa shape index (κ3) is 7.15. The van der Waals surface area contributed by atoms with Gasteiger partial charge in [0, 0.05) is 24.2 Å². The number of carbonyl (C=O) groups excluding carboxylic acids is 2. The van der Waals surface area contributed by atoms with E-state index >= 15 is 0 Å². The van der Waals surface area contributed by atoms with E-state index in [1.165, 1.54) is 29.6 Å². The molecule has 4 nitrogen and oxygen atoms in total. The van der Waals surface area contributed by atoms with Gasteiger partial charge in [0.25, 0.3) is 8.32 Å². The summed E-state index contributed by atoms with van der Waals surface area (Å²) in [4.78, 5) is 25.7. The van der Waals surface area contributed by atoms with Crippen molar-refractivity contribution >= 4 is 30.4 Å². The van der Waals surface area contributed by atoms with Crippen molar-refractivity contribution in [3.05, 3.63) is 85.0 Å². The van der Waals surface area contributed by atoms with Crippen LogP contribution in [0.3, 0.4) is 0 Å². The molecule has 2 aliphatic rings. The van der Waals surface area contributed by atoms with Crippen molar-refractivity contribution in [2.45, 2.75) is 104 Å². The minimum atomic E-state index is -2.78. The molecule has 2 fully saturated rings. The fourth-order valence-electron chi connectivity index (χ4n) is 7.39. The Morgan fingerprint density at radius 3 is 2.12 bits per heavy atom. The van der Waals surface area contributed by atoms with Crippen molar-refractivity contribution in [2.24, 2.45) is 17.3 Å². The Morgan fingerprint density at radius 2 is 1.53 bits per heavy atom. The minimum Gasteiger partial charge on any atom is -0.466 e. The molecule has 0 saturated heterocycles. The lowest BCUT2D eigenvalue weighted by molar-refractivity contribution is -0.143. The van der Waals surface area contributed by atoms with Gasteiger partial charge in [0.1, 0.15) is 5.78 Å². The highest BCUT2D eigenvalue weighted by Crippen LogP contribution is 2.70. The molecule has 43 heavy (non-hydrogen) atoms. The first-order chi connectivity index (χ1) is 20.7. The van der Waals surface area contributed by atoms with Crippen LogP contribution in [-0.2, 0) is 18.8 Å². The number of ketones is 1. The van der Waals surface area contributed by atoms with Crippen LogP contribution in [0.25, 0.3) is 0 Å². The molecule has 0 heterocycles. The fourth-order valence-corrected chi connectivity index (χ4v) is 12.1. The Hall–Kier alpha value is -2.76. The van der Waals surface area contributed by atoms with E-state index in [-0.39, 0.29) is 34.4 Å². The highest BCUT2D eigenvalue weighted by Gasteiger charge is 2.74. The summed E-state index contributed by atoms with van der Waals surface area (Å²) in [5.41, 5.74) is -0.380. The maximum atomic E-state index is 14.0. The van der Waals surface area contributed by atoms with Gasteiger partial charge in [-0.25, -0.2) is 0 Å². The summed E-state index contributed by atoms with van der Waals surface area (Å²) in [7, 11) is -2.78.